The molecule has 0 saturated heterocycles. The SMILES string of the molecule is Cc1nc(Cn2ccc(-c3ccc(F)cc3)c2)nc(C(=O)NCC(=O)O)c1O. The van der Waals surface area contributed by atoms with Crippen LogP contribution in [0.15, 0.2) is 42.7 Å². The lowest BCUT2D eigenvalue weighted by atomic mass is 10.1. The van der Waals surface area contributed by atoms with Gasteiger partial charge in [0, 0.05) is 12.4 Å². The third-order valence-electron chi connectivity index (χ3n) is 3.97. The van der Waals surface area contributed by atoms with Crippen molar-refractivity contribution in [2.45, 2.75) is 13.5 Å². The molecule has 144 valence electrons. The van der Waals surface area contributed by atoms with Crippen molar-refractivity contribution in [2.24, 2.45) is 0 Å². The van der Waals surface area contributed by atoms with E-state index in [9.17, 15) is 19.1 Å². The Balaban J connectivity index is 1.82. The summed E-state index contributed by atoms with van der Waals surface area (Å²) in [6.45, 7) is 1.16. The highest BCUT2D eigenvalue weighted by atomic mass is 19.1. The molecule has 0 saturated carbocycles. The zero-order valence-corrected chi connectivity index (χ0v) is 14.9. The first kappa shape index (κ1) is 19.0. The van der Waals surface area contributed by atoms with Crippen LogP contribution in [0.2, 0.25) is 0 Å². The van der Waals surface area contributed by atoms with E-state index in [1.165, 1.54) is 19.1 Å². The predicted octanol–water partition coefficient (Wildman–Crippen LogP) is 1.96. The zero-order valence-electron chi connectivity index (χ0n) is 14.9. The number of hydrogen-bond acceptors (Lipinski definition) is 5. The van der Waals surface area contributed by atoms with Crippen molar-refractivity contribution >= 4 is 11.9 Å². The lowest BCUT2D eigenvalue weighted by molar-refractivity contribution is -0.135. The second kappa shape index (κ2) is 7.87. The van der Waals surface area contributed by atoms with E-state index >= 15 is 0 Å². The molecule has 3 rings (SSSR count). The van der Waals surface area contributed by atoms with Crippen LogP contribution < -0.4 is 5.32 Å². The molecular formula is C19H17FN4O4. The quantitative estimate of drug-likeness (QED) is 0.598. The van der Waals surface area contributed by atoms with E-state index in [0.717, 1.165) is 11.1 Å². The third-order valence-corrected chi connectivity index (χ3v) is 3.97. The number of carbonyl (C=O) groups is 2. The molecule has 0 aliphatic heterocycles. The molecule has 0 fully saturated rings. The second-order valence-corrected chi connectivity index (χ2v) is 6.08. The first-order chi connectivity index (χ1) is 13.3. The Bertz CT molecular complexity index is 1030. The Morgan fingerprint density at radius 2 is 1.86 bits per heavy atom. The van der Waals surface area contributed by atoms with Crippen LogP contribution in [0.25, 0.3) is 11.1 Å². The Hall–Kier alpha value is -3.75. The van der Waals surface area contributed by atoms with Gasteiger partial charge in [-0.1, -0.05) is 12.1 Å². The number of halogens is 1. The summed E-state index contributed by atoms with van der Waals surface area (Å²) in [4.78, 5) is 30.9. The van der Waals surface area contributed by atoms with E-state index in [1.807, 2.05) is 12.3 Å². The molecule has 2 heterocycles. The molecule has 0 atom stereocenters. The molecule has 0 spiro atoms. The largest absolute Gasteiger partial charge is 0.504 e. The van der Waals surface area contributed by atoms with Gasteiger partial charge in [0.15, 0.2) is 11.4 Å². The van der Waals surface area contributed by atoms with Crippen molar-refractivity contribution < 1.29 is 24.2 Å². The van der Waals surface area contributed by atoms with Gasteiger partial charge in [0.2, 0.25) is 0 Å². The number of aliphatic carboxylic acids is 1. The molecule has 3 N–H and O–H groups in total. The number of aromatic nitrogens is 3. The van der Waals surface area contributed by atoms with Gasteiger partial charge in [-0.2, -0.15) is 0 Å². The van der Waals surface area contributed by atoms with Gasteiger partial charge in [-0.3, -0.25) is 9.59 Å². The number of amides is 1. The molecule has 8 nitrogen and oxygen atoms in total. The minimum absolute atomic E-state index is 0.205. The van der Waals surface area contributed by atoms with Crippen molar-refractivity contribution in [3.05, 3.63) is 65.8 Å². The molecule has 9 heteroatoms. The van der Waals surface area contributed by atoms with Crippen molar-refractivity contribution in [1.82, 2.24) is 19.9 Å². The number of aryl methyl sites for hydroxylation is 1. The van der Waals surface area contributed by atoms with Gasteiger partial charge in [0.25, 0.3) is 5.91 Å². The summed E-state index contributed by atoms with van der Waals surface area (Å²) in [6.07, 6.45) is 3.61. The zero-order chi connectivity index (χ0) is 20.3. The lowest BCUT2D eigenvalue weighted by Crippen LogP contribution is -2.30. The fourth-order valence-corrected chi connectivity index (χ4v) is 2.61. The van der Waals surface area contributed by atoms with Gasteiger partial charge < -0.3 is 20.1 Å². The van der Waals surface area contributed by atoms with Gasteiger partial charge >= 0.3 is 5.97 Å². The van der Waals surface area contributed by atoms with Crippen molar-refractivity contribution in [2.75, 3.05) is 6.54 Å². The standard InChI is InChI=1S/C19H17FN4O4/c1-11-18(27)17(19(28)21-8-16(25)26)23-15(22-11)10-24-7-6-13(9-24)12-2-4-14(20)5-3-12/h2-7,9,27H,8,10H2,1H3,(H,21,28)(H,25,26). The molecule has 0 bridgehead atoms. The number of nitrogens with one attached hydrogen (secondary N) is 1. The maximum atomic E-state index is 13.1. The van der Waals surface area contributed by atoms with Gasteiger partial charge in [-0.15, -0.1) is 0 Å². The number of nitrogens with zero attached hydrogens (tertiary/aromatic N) is 3. The van der Waals surface area contributed by atoms with Gasteiger partial charge in [-0.25, -0.2) is 14.4 Å². The molecule has 0 aliphatic carbocycles. The van der Waals surface area contributed by atoms with Crippen LogP contribution in [0.5, 0.6) is 5.75 Å². The van der Waals surface area contributed by atoms with Crippen molar-refractivity contribution in [3.8, 4) is 16.9 Å². The van der Waals surface area contributed by atoms with E-state index in [1.54, 1.807) is 22.9 Å². The minimum Gasteiger partial charge on any atom is -0.504 e. The van der Waals surface area contributed by atoms with Crippen LogP contribution >= 0.6 is 0 Å². The number of carbonyl (C=O) groups excluding carboxylic acids is 1. The molecule has 1 aromatic carbocycles. The van der Waals surface area contributed by atoms with Crippen molar-refractivity contribution in [3.63, 3.8) is 0 Å². The summed E-state index contributed by atoms with van der Waals surface area (Å²) in [7, 11) is 0. The van der Waals surface area contributed by atoms with Crippen molar-refractivity contribution in [1.29, 1.82) is 0 Å². The second-order valence-electron chi connectivity index (χ2n) is 6.08. The maximum absolute atomic E-state index is 13.1. The highest BCUT2D eigenvalue weighted by molar-refractivity contribution is 5.96. The van der Waals surface area contributed by atoms with Crippen LogP contribution in [0, 0.1) is 12.7 Å². The topological polar surface area (TPSA) is 117 Å². The number of carboxylic acids is 1. The maximum Gasteiger partial charge on any atom is 0.322 e. The van der Waals surface area contributed by atoms with Crippen LogP contribution in [0.1, 0.15) is 22.0 Å². The van der Waals surface area contributed by atoms with Gasteiger partial charge in [-0.05, 0) is 36.2 Å². The predicted molar refractivity (Wildman–Crippen MR) is 97.3 cm³/mol. The first-order valence-electron chi connectivity index (χ1n) is 8.31. The van der Waals surface area contributed by atoms with E-state index in [4.69, 9.17) is 5.11 Å². The molecular weight excluding hydrogens is 367 g/mol. The van der Waals surface area contributed by atoms with E-state index in [0.29, 0.717) is 0 Å². The smallest absolute Gasteiger partial charge is 0.322 e. The molecule has 1 amide bonds. The summed E-state index contributed by atoms with van der Waals surface area (Å²) in [6, 6.07) is 7.94. The number of hydrogen-bond donors (Lipinski definition) is 3. The summed E-state index contributed by atoms with van der Waals surface area (Å²) in [5.74, 6) is -2.45. The van der Waals surface area contributed by atoms with Gasteiger partial charge in [0.05, 0.1) is 12.2 Å². The summed E-state index contributed by atoms with van der Waals surface area (Å²) in [5, 5.41) is 20.8. The highest BCUT2D eigenvalue weighted by Gasteiger charge is 2.18. The van der Waals surface area contributed by atoms with E-state index < -0.39 is 24.2 Å². The van der Waals surface area contributed by atoms with Gasteiger partial charge in [0.1, 0.15) is 18.2 Å². The Kier molecular flexibility index (Phi) is 5.35. The fourth-order valence-electron chi connectivity index (χ4n) is 2.61. The highest BCUT2D eigenvalue weighted by Crippen LogP contribution is 2.22. The summed E-state index contributed by atoms with van der Waals surface area (Å²) < 4.78 is 14.8. The fraction of sp³-hybridized carbons (Fsp3) is 0.158. The minimum atomic E-state index is -1.21. The average Bonchev–Trinajstić information content (AvgIpc) is 3.11. The molecule has 0 radical (unpaired) electrons. The summed E-state index contributed by atoms with van der Waals surface area (Å²) in [5.41, 5.74) is 1.64. The lowest BCUT2D eigenvalue weighted by Gasteiger charge is -2.09. The molecule has 3 aromatic rings. The molecule has 0 aliphatic rings. The monoisotopic (exact) mass is 384 g/mol. The molecule has 0 unspecified atom stereocenters. The normalized spacial score (nSPS) is 10.6. The molecule has 2 aromatic heterocycles. The third kappa shape index (κ3) is 4.32. The summed E-state index contributed by atoms with van der Waals surface area (Å²) >= 11 is 0. The number of aromatic hydroxyl groups is 1. The van der Waals surface area contributed by atoms with Crippen LogP contribution in [-0.4, -0.2) is 43.2 Å². The van der Waals surface area contributed by atoms with Crippen LogP contribution in [0.3, 0.4) is 0 Å². The Labute approximate surface area is 159 Å². The molecule has 28 heavy (non-hydrogen) atoms. The number of benzene rings is 1. The Morgan fingerprint density at radius 3 is 2.54 bits per heavy atom. The number of carboxylic acid groups (broad SMARTS) is 1. The van der Waals surface area contributed by atoms with E-state index in [-0.39, 0.29) is 29.6 Å². The average molecular weight is 384 g/mol. The Morgan fingerprint density at radius 1 is 1.14 bits per heavy atom. The van der Waals surface area contributed by atoms with Crippen LogP contribution in [-0.2, 0) is 11.3 Å². The first-order valence-corrected chi connectivity index (χ1v) is 8.31. The van der Waals surface area contributed by atoms with E-state index in [2.05, 4.69) is 15.3 Å². The van der Waals surface area contributed by atoms with Crippen LogP contribution in [0.4, 0.5) is 4.39 Å². The number of rotatable bonds is 6.